The number of pyridine rings is 1. The Hall–Kier alpha value is -2.05. The monoisotopic (exact) mass is 257 g/mol. The fourth-order valence-corrected chi connectivity index (χ4v) is 1.87. The van der Waals surface area contributed by atoms with Crippen LogP contribution in [0.4, 0.5) is 5.69 Å². The smallest absolute Gasteiger partial charge is 0.129 e. The first kappa shape index (κ1) is 12.4. The summed E-state index contributed by atoms with van der Waals surface area (Å²) >= 11 is 5.75. The lowest BCUT2D eigenvalue weighted by Crippen LogP contribution is -2.17. The van der Waals surface area contributed by atoms with E-state index in [-0.39, 0.29) is 0 Å². The molecule has 0 aliphatic heterocycles. The van der Waals surface area contributed by atoms with E-state index in [1.807, 2.05) is 42.3 Å². The van der Waals surface area contributed by atoms with Crippen molar-refractivity contribution in [3.05, 3.63) is 58.9 Å². The van der Waals surface area contributed by atoms with Crippen molar-refractivity contribution in [1.29, 1.82) is 5.26 Å². The zero-order chi connectivity index (χ0) is 13.0. The van der Waals surface area contributed by atoms with E-state index in [1.54, 1.807) is 12.3 Å². The summed E-state index contributed by atoms with van der Waals surface area (Å²) in [5, 5.41) is 9.55. The summed E-state index contributed by atoms with van der Waals surface area (Å²) in [6, 6.07) is 13.4. The van der Waals surface area contributed by atoms with Gasteiger partial charge in [-0.05, 0) is 23.8 Å². The van der Waals surface area contributed by atoms with Gasteiger partial charge in [0.2, 0.25) is 0 Å². The molecule has 18 heavy (non-hydrogen) atoms. The molecule has 0 N–H and O–H groups in total. The third-order valence-corrected chi connectivity index (χ3v) is 2.87. The molecule has 0 radical (unpaired) electrons. The van der Waals surface area contributed by atoms with E-state index in [0.29, 0.717) is 17.3 Å². The average molecular weight is 258 g/mol. The second-order valence-electron chi connectivity index (χ2n) is 3.97. The number of benzene rings is 1. The van der Waals surface area contributed by atoms with Crippen molar-refractivity contribution in [3.63, 3.8) is 0 Å². The Morgan fingerprint density at radius 2 is 2.06 bits per heavy atom. The number of aromatic nitrogens is 1. The van der Waals surface area contributed by atoms with Gasteiger partial charge >= 0.3 is 0 Å². The van der Waals surface area contributed by atoms with Gasteiger partial charge in [-0.25, -0.2) is 4.98 Å². The fourth-order valence-electron chi connectivity index (χ4n) is 1.76. The second kappa shape index (κ2) is 5.52. The van der Waals surface area contributed by atoms with Crippen LogP contribution in [0.2, 0.25) is 5.15 Å². The Kier molecular flexibility index (Phi) is 3.81. The standard InChI is InChI=1S/C14H12ClN3/c1-18(10-11-6-7-14(15)17-9-11)13-5-3-2-4-12(13)8-16/h2-7,9H,10H2,1H3. The molecule has 1 heterocycles. The predicted molar refractivity (Wildman–Crippen MR) is 72.5 cm³/mol. The molecule has 0 bridgehead atoms. The van der Waals surface area contributed by atoms with Crippen LogP contribution < -0.4 is 4.90 Å². The number of hydrogen-bond donors (Lipinski definition) is 0. The maximum absolute atomic E-state index is 9.06. The lowest BCUT2D eigenvalue weighted by atomic mass is 10.1. The number of hydrogen-bond acceptors (Lipinski definition) is 3. The maximum Gasteiger partial charge on any atom is 0.129 e. The van der Waals surface area contributed by atoms with Gasteiger partial charge < -0.3 is 4.90 Å². The molecule has 0 amide bonds. The molecule has 0 unspecified atom stereocenters. The molecule has 2 rings (SSSR count). The highest BCUT2D eigenvalue weighted by atomic mass is 35.5. The van der Waals surface area contributed by atoms with Crippen molar-refractivity contribution in [2.75, 3.05) is 11.9 Å². The summed E-state index contributed by atoms with van der Waals surface area (Å²) < 4.78 is 0. The maximum atomic E-state index is 9.06. The van der Waals surface area contributed by atoms with Crippen LogP contribution in [0, 0.1) is 11.3 Å². The van der Waals surface area contributed by atoms with Crippen LogP contribution in [0.1, 0.15) is 11.1 Å². The summed E-state index contributed by atoms with van der Waals surface area (Å²) in [7, 11) is 1.95. The number of anilines is 1. The molecule has 0 saturated carbocycles. The van der Waals surface area contributed by atoms with Crippen molar-refractivity contribution in [1.82, 2.24) is 4.98 Å². The normalized spacial score (nSPS) is 9.83. The molecule has 1 aromatic carbocycles. The van der Waals surface area contributed by atoms with Gasteiger partial charge in [-0.3, -0.25) is 0 Å². The van der Waals surface area contributed by atoms with Crippen LogP contribution in [0.15, 0.2) is 42.6 Å². The van der Waals surface area contributed by atoms with E-state index in [1.165, 1.54) is 0 Å². The summed E-state index contributed by atoms with van der Waals surface area (Å²) in [5.74, 6) is 0. The Balaban J connectivity index is 2.19. The Labute approximate surface area is 111 Å². The lowest BCUT2D eigenvalue weighted by molar-refractivity contribution is 0.913. The highest BCUT2D eigenvalue weighted by Crippen LogP contribution is 2.20. The molecule has 0 saturated heterocycles. The van der Waals surface area contributed by atoms with E-state index in [9.17, 15) is 0 Å². The SMILES string of the molecule is CN(Cc1ccc(Cl)nc1)c1ccccc1C#N. The predicted octanol–water partition coefficient (Wildman–Crippen LogP) is 3.24. The Morgan fingerprint density at radius 1 is 1.28 bits per heavy atom. The molecule has 3 nitrogen and oxygen atoms in total. The summed E-state index contributed by atoms with van der Waals surface area (Å²) in [6.07, 6.45) is 1.74. The van der Waals surface area contributed by atoms with E-state index in [4.69, 9.17) is 16.9 Å². The highest BCUT2D eigenvalue weighted by molar-refractivity contribution is 6.29. The highest BCUT2D eigenvalue weighted by Gasteiger charge is 2.07. The number of para-hydroxylation sites is 1. The van der Waals surface area contributed by atoms with Crippen molar-refractivity contribution in [3.8, 4) is 6.07 Å². The van der Waals surface area contributed by atoms with Crippen molar-refractivity contribution < 1.29 is 0 Å². The summed E-state index contributed by atoms with van der Waals surface area (Å²) in [5.41, 5.74) is 2.63. The molecule has 2 aromatic rings. The van der Waals surface area contributed by atoms with Crippen LogP contribution in [0.3, 0.4) is 0 Å². The third-order valence-electron chi connectivity index (χ3n) is 2.64. The van der Waals surface area contributed by atoms with E-state index < -0.39 is 0 Å². The van der Waals surface area contributed by atoms with Crippen molar-refractivity contribution in [2.45, 2.75) is 6.54 Å². The molecule has 0 aliphatic carbocycles. The van der Waals surface area contributed by atoms with Gasteiger partial charge in [0.25, 0.3) is 0 Å². The Bertz CT molecular complexity index is 572. The quantitative estimate of drug-likeness (QED) is 0.793. The minimum atomic E-state index is 0.485. The van der Waals surface area contributed by atoms with E-state index in [2.05, 4.69) is 11.1 Å². The molecule has 0 spiro atoms. The minimum absolute atomic E-state index is 0.485. The van der Waals surface area contributed by atoms with Crippen LogP contribution in [0.5, 0.6) is 0 Å². The van der Waals surface area contributed by atoms with Crippen LogP contribution >= 0.6 is 11.6 Å². The minimum Gasteiger partial charge on any atom is -0.369 e. The zero-order valence-electron chi connectivity index (χ0n) is 9.97. The van der Waals surface area contributed by atoms with E-state index in [0.717, 1.165) is 11.3 Å². The van der Waals surface area contributed by atoms with Crippen molar-refractivity contribution >= 4 is 17.3 Å². The average Bonchev–Trinajstić information content (AvgIpc) is 2.41. The Morgan fingerprint density at radius 3 is 2.72 bits per heavy atom. The van der Waals surface area contributed by atoms with Gasteiger partial charge in [-0.15, -0.1) is 0 Å². The van der Waals surface area contributed by atoms with Gasteiger partial charge in [0.1, 0.15) is 11.2 Å². The molecule has 0 aliphatic rings. The number of nitriles is 1. The lowest BCUT2D eigenvalue weighted by Gasteiger charge is -2.20. The molecule has 0 fully saturated rings. The summed E-state index contributed by atoms with van der Waals surface area (Å²) in [4.78, 5) is 6.06. The molecular formula is C14H12ClN3. The molecular weight excluding hydrogens is 246 g/mol. The van der Waals surface area contributed by atoms with Gasteiger partial charge in [-0.2, -0.15) is 5.26 Å². The second-order valence-corrected chi connectivity index (χ2v) is 4.36. The van der Waals surface area contributed by atoms with Crippen LogP contribution in [-0.4, -0.2) is 12.0 Å². The third kappa shape index (κ3) is 2.79. The fraction of sp³-hybridized carbons (Fsp3) is 0.143. The molecule has 4 heteroatoms. The largest absolute Gasteiger partial charge is 0.369 e. The van der Waals surface area contributed by atoms with Crippen molar-refractivity contribution in [2.24, 2.45) is 0 Å². The number of nitrogens with zero attached hydrogens (tertiary/aromatic N) is 3. The number of rotatable bonds is 3. The first-order valence-corrected chi connectivity index (χ1v) is 5.89. The first-order valence-electron chi connectivity index (χ1n) is 5.51. The molecule has 1 aromatic heterocycles. The number of halogens is 1. The summed E-state index contributed by atoms with van der Waals surface area (Å²) in [6.45, 7) is 0.683. The van der Waals surface area contributed by atoms with Crippen LogP contribution in [0.25, 0.3) is 0 Å². The molecule has 90 valence electrons. The van der Waals surface area contributed by atoms with Gasteiger partial charge in [0.05, 0.1) is 11.3 Å². The van der Waals surface area contributed by atoms with E-state index >= 15 is 0 Å². The topological polar surface area (TPSA) is 39.9 Å². The van der Waals surface area contributed by atoms with Gasteiger partial charge in [0, 0.05) is 19.8 Å². The van der Waals surface area contributed by atoms with Crippen LogP contribution in [-0.2, 0) is 6.54 Å². The molecule has 0 atom stereocenters. The van der Waals surface area contributed by atoms with Gasteiger partial charge in [0.15, 0.2) is 0 Å². The zero-order valence-corrected chi connectivity index (χ0v) is 10.7. The van der Waals surface area contributed by atoms with Gasteiger partial charge in [-0.1, -0.05) is 29.8 Å². The first-order chi connectivity index (χ1) is 8.70.